The van der Waals surface area contributed by atoms with Crippen molar-refractivity contribution in [3.63, 3.8) is 0 Å². The minimum atomic E-state index is -1.01. The fourth-order valence-corrected chi connectivity index (χ4v) is 2.59. The van der Waals surface area contributed by atoms with Gasteiger partial charge in [0.1, 0.15) is 17.1 Å². The second-order valence-electron chi connectivity index (χ2n) is 5.89. The largest absolute Gasteiger partial charge is 0.466 e. The second-order valence-corrected chi connectivity index (χ2v) is 5.89. The highest BCUT2D eigenvalue weighted by molar-refractivity contribution is 5.89. The van der Waals surface area contributed by atoms with Crippen molar-refractivity contribution < 1.29 is 19.1 Å². The van der Waals surface area contributed by atoms with Crippen LogP contribution in [0.3, 0.4) is 0 Å². The molecule has 0 fully saturated rings. The third-order valence-corrected chi connectivity index (χ3v) is 3.79. The van der Waals surface area contributed by atoms with Crippen molar-refractivity contribution in [2.45, 2.75) is 32.9 Å². The lowest BCUT2D eigenvalue weighted by molar-refractivity contribution is 0.0551. The number of carbonyl (C=O) groups is 1. The van der Waals surface area contributed by atoms with Crippen LogP contribution in [-0.2, 0) is 16.9 Å². The predicted octanol–water partition coefficient (Wildman–Crippen LogP) is 2.68. The van der Waals surface area contributed by atoms with Gasteiger partial charge in [0.2, 0.25) is 0 Å². The molecule has 2 N–H and O–H groups in total. The summed E-state index contributed by atoms with van der Waals surface area (Å²) in [5.74, 6) is 1.17. The number of hydrogen-bond acceptors (Lipinski definition) is 5. The van der Waals surface area contributed by atoms with Gasteiger partial charge >= 0.3 is 5.97 Å². The summed E-state index contributed by atoms with van der Waals surface area (Å²) < 4.78 is 10.1. The molecule has 2 aromatic rings. The molecule has 124 valence electrons. The fraction of sp³-hybridized carbons (Fsp3) is 0.389. The molecule has 0 aliphatic heterocycles. The number of esters is 1. The molecule has 1 aromatic heterocycles. The molecule has 0 radical (unpaired) electrons. The number of hydrogen-bond donors (Lipinski definition) is 2. The molecule has 0 bridgehead atoms. The van der Waals surface area contributed by atoms with E-state index in [4.69, 9.17) is 4.42 Å². The second kappa shape index (κ2) is 6.98. The normalized spacial score (nSPS) is 13.6. The summed E-state index contributed by atoms with van der Waals surface area (Å²) in [5.41, 5.74) is 1.33. The topological polar surface area (TPSA) is 71.7 Å². The Kier molecular flexibility index (Phi) is 5.23. The van der Waals surface area contributed by atoms with Gasteiger partial charge in [-0.05, 0) is 44.5 Å². The molecular weight excluding hydrogens is 294 g/mol. The highest BCUT2D eigenvalue weighted by atomic mass is 16.5. The van der Waals surface area contributed by atoms with Crippen LogP contribution in [0, 0.1) is 13.8 Å². The smallest absolute Gasteiger partial charge is 0.337 e. The number of aliphatic hydroxyl groups is 1. The summed E-state index contributed by atoms with van der Waals surface area (Å²) in [5, 5.41) is 13.9. The molecule has 2 rings (SSSR count). The van der Waals surface area contributed by atoms with E-state index in [1.165, 1.54) is 7.11 Å². The van der Waals surface area contributed by atoms with Crippen LogP contribution in [0.15, 0.2) is 34.7 Å². The third-order valence-electron chi connectivity index (χ3n) is 3.79. The Labute approximate surface area is 136 Å². The predicted molar refractivity (Wildman–Crippen MR) is 87.2 cm³/mol. The fourth-order valence-electron chi connectivity index (χ4n) is 2.59. The van der Waals surface area contributed by atoms with Crippen LogP contribution in [0.5, 0.6) is 0 Å². The van der Waals surface area contributed by atoms with Crippen molar-refractivity contribution in [2.75, 3.05) is 13.7 Å². The summed E-state index contributed by atoms with van der Waals surface area (Å²) in [4.78, 5) is 11.4. The summed E-state index contributed by atoms with van der Waals surface area (Å²) >= 11 is 0. The SMILES string of the molecule is COC(=O)c1ccc(CNCC(C)(O)c2cc(C)oc2C)cc1. The number of rotatable bonds is 6. The molecule has 0 amide bonds. The van der Waals surface area contributed by atoms with E-state index in [9.17, 15) is 9.90 Å². The van der Waals surface area contributed by atoms with Gasteiger partial charge in [-0.1, -0.05) is 12.1 Å². The highest BCUT2D eigenvalue weighted by Crippen LogP contribution is 2.26. The summed E-state index contributed by atoms with van der Waals surface area (Å²) in [6, 6.07) is 9.04. The summed E-state index contributed by atoms with van der Waals surface area (Å²) in [7, 11) is 1.36. The van der Waals surface area contributed by atoms with Crippen LogP contribution >= 0.6 is 0 Å². The van der Waals surface area contributed by atoms with E-state index < -0.39 is 5.60 Å². The minimum Gasteiger partial charge on any atom is -0.466 e. The van der Waals surface area contributed by atoms with Gasteiger partial charge in [-0.3, -0.25) is 0 Å². The average molecular weight is 317 g/mol. The maximum atomic E-state index is 11.4. The lowest BCUT2D eigenvalue weighted by Gasteiger charge is -2.23. The van der Waals surface area contributed by atoms with Crippen LogP contribution in [0.2, 0.25) is 0 Å². The van der Waals surface area contributed by atoms with Gasteiger partial charge in [0.15, 0.2) is 0 Å². The molecule has 1 aromatic carbocycles. The molecule has 23 heavy (non-hydrogen) atoms. The molecule has 0 aliphatic carbocycles. The van der Waals surface area contributed by atoms with Crippen LogP contribution in [0.1, 0.15) is 39.9 Å². The Morgan fingerprint density at radius 3 is 2.48 bits per heavy atom. The lowest BCUT2D eigenvalue weighted by Crippen LogP contribution is -2.35. The third kappa shape index (κ3) is 4.21. The van der Waals surface area contributed by atoms with Gasteiger partial charge < -0.3 is 19.6 Å². The number of carbonyl (C=O) groups excluding carboxylic acids is 1. The van der Waals surface area contributed by atoms with Gasteiger partial charge in [0.25, 0.3) is 0 Å². The average Bonchev–Trinajstić information content (AvgIpc) is 2.86. The molecule has 5 heteroatoms. The number of nitrogens with one attached hydrogen (secondary N) is 1. The zero-order chi connectivity index (χ0) is 17.0. The molecule has 0 saturated heterocycles. The monoisotopic (exact) mass is 317 g/mol. The van der Waals surface area contributed by atoms with Crippen molar-refractivity contribution in [1.29, 1.82) is 0 Å². The van der Waals surface area contributed by atoms with Crippen LogP contribution in [-0.4, -0.2) is 24.7 Å². The van der Waals surface area contributed by atoms with Crippen LogP contribution < -0.4 is 5.32 Å². The Hall–Kier alpha value is -2.11. The number of aryl methyl sites for hydroxylation is 2. The molecule has 1 unspecified atom stereocenters. The highest BCUT2D eigenvalue weighted by Gasteiger charge is 2.27. The van der Waals surface area contributed by atoms with Crippen molar-refractivity contribution in [2.24, 2.45) is 0 Å². The first kappa shape index (κ1) is 17.2. The number of ether oxygens (including phenoxy) is 1. The summed E-state index contributed by atoms with van der Waals surface area (Å²) in [6.45, 7) is 6.46. The van der Waals surface area contributed by atoms with E-state index in [-0.39, 0.29) is 5.97 Å². The molecule has 1 heterocycles. The van der Waals surface area contributed by atoms with Gasteiger partial charge in [0, 0.05) is 18.7 Å². The van der Waals surface area contributed by atoms with Crippen LogP contribution in [0.25, 0.3) is 0 Å². The van der Waals surface area contributed by atoms with Gasteiger partial charge in [-0.15, -0.1) is 0 Å². The number of furan rings is 1. The lowest BCUT2D eigenvalue weighted by atomic mass is 9.96. The molecule has 0 aliphatic rings. The van der Waals surface area contributed by atoms with Crippen molar-refractivity contribution in [3.05, 3.63) is 58.5 Å². The Bertz CT molecular complexity index is 671. The number of methoxy groups -OCH3 is 1. The maximum absolute atomic E-state index is 11.4. The van der Waals surface area contributed by atoms with Gasteiger partial charge in [-0.2, -0.15) is 0 Å². The zero-order valence-electron chi connectivity index (χ0n) is 14.0. The first-order valence-electron chi connectivity index (χ1n) is 7.51. The molecular formula is C18H23NO4. The molecule has 0 spiro atoms. The molecule has 5 nitrogen and oxygen atoms in total. The van der Waals surface area contributed by atoms with E-state index in [1.807, 2.05) is 32.0 Å². The van der Waals surface area contributed by atoms with Gasteiger partial charge in [0.05, 0.1) is 12.7 Å². The van der Waals surface area contributed by atoms with Gasteiger partial charge in [-0.25, -0.2) is 4.79 Å². The number of benzene rings is 1. The Morgan fingerprint density at radius 1 is 1.30 bits per heavy atom. The van der Waals surface area contributed by atoms with Crippen molar-refractivity contribution >= 4 is 5.97 Å². The first-order chi connectivity index (χ1) is 10.8. The van der Waals surface area contributed by atoms with Crippen molar-refractivity contribution in [3.8, 4) is 0 Å². The Balaban J connectivity index is 1.94. The molecule has 1 atom stereocenters. The first-order valence-corrected chi connectivity index (χ1v) is 7.51. The summed E-state index contributed by atoms with van der Waals surface area (Å²) in [6.07, 6.45) is 0. The van der Waals surface area contributed by atoms with E-state index in [2.05, 4.69) is 10.1 Å². The minimum absolute atomic E-state index is 0.349. The van der Waals surface area contributed by atoms with Crippen molar-refractivity contribution in [1.82, 2.24) is 5.32 Å². The Morgan fingerprint density at radius 2 is 1.96 bits per heavy atom. The molecule has 0 saturated carbocycles. The van der Waals surface area contributed by atoms with E-state index in [0.29, 0.717) is 18.7 Å². The maximum Gasteiger partial charge on any atom is 0.337 e. The van der Waals surface area contributed by atoms with E-state index in [1.54, 1.807) is 19.1 Å². The van der Waals surface area contributed by atoms with E-state index >= 15 is 0 Å². The van der Waals surface area contributed by atoms with Crippen LogP contribution in [0.4, 0.5) is 0 Å². The quantitative estimate of drug-likeness (QED) is 0.802. The zero-order valence-corrected chi connectivity index (χ0v) is 14.0. The van der Waals surface area contributed by atoms with E-state index in [0.717, 1.165) is 22.6 Å². The standard InChI is InChI=1S/C18H23NO4/c1-12-9-16(13(2)23-12)18(3,21)11-19-10-14-5-7-15(8-6-14)17(20)22-4/h5-9,19,21H,10-11H2,1-4H3.